The molecule has 0 spiro atoms. The Labute approximate surface area is 91.7 Å². The molecule has 2 atom stereocenters. The fraction of sp³-hybridized carbons (Fsp3) is 1.00. The maximum Gasteiger partial charge on any atom is 0.0688 e. The molecule has 0 saturated carbocycles. The van der Waals surface area contributed by atoms with Crippen LogP contribution in [0.2, 0.25) is 0 Å². The lowest BCUT2D eigenvalue weighted by Gasteiger charge is -2.21. The molecule has 0 bridgehead atoms. The van der Waals surface area contributed by atoms with E-state index in [2.05, 4.69) is 5.32 Å². The van der Waals surface area contributed by atoms with Crippen molar-refractivity contribution in [1.82, 2.24) is 10.2 Å². The van der Waals surface area contributed by atoms with Crippen molar-refractivity contribution in [2.45, 2.75) is 25.0 Å². The van der Waals surface area contributed by atoms with Crippen molar-refractivity contribution >= 4 is 0 Å². The number of aliphatic hydroxyl groups excluding tert-OH is 3. The second-order valence-electron chi connectivity index (χ2n) is 3.93. The van der Waals surface area contributed by atoms with Crippen molar-refractivity contribution in [2.24, 2.45) is 0 Å². The lowest BCUT2D eigenvalue weighted by molar-refractivity contribution is 0.0870. The van der Waals surface area contributed by atoms with Crippen LogP contribution in [0.25, 0.3) is 0 Å². The van der Waals surface area contributed by atoms with Crippen molar-refractivity contribution in [3.8, 4) is 0 Å². The molecule has 2 unspecified atom stereocenters. The molecule has 4 N–H and O–H groups in total. The second-order valence-corrected chi connectivity index (χ2v) is 3.93. The molecule has 0 saturated heterocycles. The third-order valence-corrected chi connectivity index (χ3v) is 2.27. The second kappa shape index (κ2) is 9.06. The lowest BCUT2D eigenvalue weighted by Crippen LogP contribution is -2.33. The lowest BCUT2D eigenvalue weighted by atomic mass is 10.2. The Morgan fingerprint density at radius 3 is 2.40 bits per heavy atom. The summed E-state index contributed by atoms with van der Waals surface area (Å²) in [5.74, 6) is 0. The fourth-order valence-corrected chi connectivity index (χ4v) is 1.40. The van der Waals surface area contributed by atoms with Crippen LogP contribution in [0.15, 0.2) is 0 Å². The van der Waals surface area contributed by atoms with Crippen LogP contribution in [0.1, 0.15) is 12.8 Å². The van der Waals surface area contributed by atoms with Gasteiger partial charge >= 0.3 is 0 Å². The first-order chi connectivity index (χ1) is 7.10. The highest BCUT2D eigenvalue weighted by atomic mass is 16.3. The van der Waals surface area contributed by atoms with E-state index in [9.17, 15) is 10.2 Å². The van der Waals surface area contributed by atoms with Gasteiger partial charge in [-0.1, -0.05) is 0 Å². The van der Waals surface area contributed by atoms with Crippen LogP contribution in [0.5, 0.6) is 0 Å². The Kier molecular flexibility index (Phi) is 8.94. The standard InChI is InChI=1S/C10H24N2O3/c1-11-7-9(14)3-5-12(2)8-10(15)4-6-13/h9-11,13-15H,3-8H2,1-2H3. The van der Waals surface area contributed by atoms with Gasteiger partial charge in [0.25, 0.3) is 0 Å². The smallest absolute Gasteiger partial charge is 0.0688 e. The van der Waals surface area contributed by atoms with E-state index in [0.29, 0.717) is 25.9 Å². The molecule has 15 heavy (non-hydrogen) atoms. The summed E-state index contributed by atoms with van der Waals surface area (Å²) < 4.78 is 0. The van der Waals surface area contributed by atoms with Crippen molar-refractivity contribution in [3.63, 3.8) is 0 Å². The number of nitrogens with one attached hydrogen (secondary N) is 1. The molecule has 0 aromatic carbocycles. The van der Waals surface area contributed by atoms with Gasteiger partial charge in [-0.05, 0) is 26.9 Å². The Balaban J connectivity index is 3.51. The van der Waals surface area contributed by atoms with Gasteiger partial charge in [-0.3, -0.25) is 0 Å². The quantitative estimate of drug-likeness (QED) is 0.386. The van der Waals surface area contributed by atoms with E-state index in [0.717, 1.165) is 6.54 Å². The topological polar surface area (TPSA) is 76.0 Å². The normalized spacial score (nSPS) is 15.6. The zero-order valence-electron chi connectivity index (χ0n) is 9.69. The van der Waals surface area contributed by atoms with Gasteiger partial charge in [-0.25, -0.2) is 0 Å². The zero-order valence-corrected chi connectivity index (χ0v) is 9.69. The number of hydrogen-bond acceptors (Lipinski definition) is 5. The van der Waals surface area contributed by atoms with Crippen LogP contribution in [-0.2, 0) is 0 Å². The van der Waals surface area contributed by atoms with Crippen molar-refractivity contribution in [2.75, 3.05) is 40.3 Å². The molecule has 0 aliphatic rings. The molecule has 0 radical (unpaired) electrons. The first-order valence-corrected chi connectivity index (χ1v) is 5.40. The molecular formula is C10H24N2O3. The predicted octanol–water partition coefficient (Wildman–Crippen LogP) is -1.37. The minimum absolute atomic E-state index is 0.0113. The highest BCUT2D eigenvalue weighted by Gasteiger charge is 2.09. The molecule has 0 aromatic rings. The van der Waals surface area contributed by atoms with Gasteiger partial charge in [0.15, 0.2) is 0 Å². The summed E-state index contributed by atoms with van der Waals surface area (Å²) in [5.41, 5.74) is 0. The highest BCUT2D eigenvalue weighted by molar-refractivity contribution is 4.64. The Morgan fingerprint density at radius 2 is 1.87 bits per heavy atom. The van der Waals surface area contributed by atoms with Gasteiger partial charge in [-0.2, -0.15) is 0 Å². The Morgan fingerprint density at radius 1 is 1.20 bits per heavy atom. The van der Waals surface area contributed by atoms with Gasteiger partial charge in [0, 0.05) is 26.2 Å². The summed E-state index contributed by atoms with van der Waals surface area (Å²) in [6, 6.07) is 0. The van der Waals surface area contributed by atoms with Gasteiger partial charge < -0.3 is 25.5 Å². The fourth-order valence-electron chi connectivity index (χ4n) is 1.40. The van der Waals surface area contributed by atoms with E-state index >= 15 is 0 Å². The SMILES string of the molecule is CNCC(O)CCN(C)CC(O)CCO. The third-order valence-electron chi connectivity index (χ3n) is 2.27. The molecule has 0 fully saturated rings. The summed E-state index contributed by atoms with van der Waals surface area (Å²) in [7, 11) is 3.70. The maximum atomic E-state index is 9.44. The number of hydrogen-bond donors (Lipinski definition) is 4. The molecule has 92 valence electrons. The molecule has 0 aliphatic carbocycles. The number of nitrogens with zero attached hydrogens (tertiary/aromatic N) is 1. The highest BCUT2D eigenvalue weighted by Crippen LogP contribution is 1.97. The van der Waals surface area contributed by atoms with Crippen LogP contribution in [0.3, 0.4) is 0 Å². The summed E-state index contributed by atoms with van der Waals surface area (Å²) in [6.45, 7) is 1.88. The van der Waals surface area contributed by atoms with Crippen LogP contribution >= 0.6 is 0 Å². The van der Waals surface area contributed by atoms with Crippen LogP contribution in [0.4, 0.5) is 0 Å². The Hall–Kier alpha value is -0.200. The molecule has 0 heterocycles. The number of aliphatic hydroxyl groups is 3. The van der Waals surface area contributed by atoms with Gasteiger partial charge in [0.05, 0.1) is 12.2 Å². The first-order valence-electron chi connectivity index (χ1n) is 5.40. The summed E-state index contributed by atoms with van der Waals surface area (Å²) in [5, 5.41) is 30.4. The number of rotatable bonds is 9. The molecule has 0 aromatic heterocycles. The van der Waals surface area contributed by atoms with Crippen molar-refractivity contribution in [3.05, 3.63) is 0 Å². The largest absolute Gasteiger partial charge is 0.396 e. The van der Waals surface area contributed by atoms with Crippen molar-refractivity contribution < 1.29 is 15.3 Å². The van der Waals surface area contributed by atoms with E-state index in [1.807, 2.05) is 11.9 Å². The van der Waals surface area contributed by atoms with Gasteiger partial charge in [-0.15, -0.1) is 0 Å². The van der Waals surface area contributed by atoms with E-state index in [4.69, 9.17) is 5.11 Å². The van der Waals surface area contributed by atoms with E-state index in [1.54, 1.807) is 7.05 Å². The zero-order chi connectivity index (χ0) is 11.7. The maximum absolute atomic E-state index is 9.44. The van der Waals surface area contributed by atoms with Gasteiger partial charge in [0.1, 0.15) is 0 Å². The van der Waals surface area contributed by atoms with E-state index in [-0.39, 0.29) is 12.7 Å². The predicted molar refractivity (Wildman–Crippen MR) is 59.8 cm³/mol. The summed E-state index contributed by atoms with van der Waals surface area (Å²) in [6.07, 6.45) is 0.265. The number of likely N-dealkylation sites (N-methyl/N-ethyl adjacent to an activating group) is 2. The monoisotopic (exact) mass is 220 g/mol. The molecule has 0 aliphatic heterocycles. The van der Waals surface area contributed by atoms with Gasteiger partial charge in [0.2, 0.25) is 0 Å². The van der Waals surface area contributed by atoms with E-state index in [1.165, 1.54) is 0 Å². The minimum Gasteiger partial charge on any atom is -0.396 e. The summed E-state index contributed by atoms with van der Waals surface area (Å²) >= 11 is 0. The van der Waals surface area contributed by atoms with Crippen LogP contribution in [-0.4, -0.2) is 72.8 Å². The Bertz CT molecular complexity index is 147. The molecule has 0 rings (SSSR count). The average molecular weight is 220 g/mol. The van der Waals surface area contributed by atoms with Crippen molar-refractivity contribution in [1.29, 1.82) is 0 Å². The molecule has 0 amide bonds. The average Bonchev–Trinajstić information content (AvgIpc) is 2.15. The molecule has 5 nitrogen and oxygen atoms in total. The van der Waals surface area contributed by atoms with E-state index < -0.39 is 6.10 Å². The first kappa shape index (κ1) is 14.8. The van der Waals surface area contributed by atoms with Crippen LogP contribution < -0.4 is 5.32 Å². The third kappa shape index (κ3) is 8.77. The molecule has 5 heteroatoms. The summed E-state index contributed by atoms with van der Waals surface area (Å²) in [4.78, 5) is 1.96. The minimum atomic E-state index is -0.485. The van der Waals surface area contributed by atoms with Crippen LogP contribution in [0, 0.1) is 0 Å². The molecular weight excluding hydrogens is 196 g/mol.